The van der Waals surface area contributed by atoms with Crippen molar-refractivity contribution in [2.75, 3.05) is 18.1 Å². The van der Waals surface area contributed by atoms with Crippen LogP contribution in [0.25, 0.3) is 0 Å². The normalized spacial score (nSPS) is 12.6. The Balaban J connectivity index is 2.19. The van der Waals surface area contributed by atoms with Gasteiger partial charge in [-0.15, -0.1) is 0 Å². The van der Waals surface area contributed by atoms with E-state index in [4.69, 9.17) is 0 Å². The molecule has 0 bridgehead atoms. The van der Waals surface area contributed by atoms with E-state index in [0.29, 0.717) is 6.04 Å². The quantitative estimate of drug-likeness (QED) is 0.720. The summed E-state index contributed by atoms with van der Waals surface area (Å²) in [6, 6.07) is 5.79. The van der Waals surface area contributed by atoms with Crippen molar-refractivity contribution >= 4 is 11.8 Å². The molecule has 0 saturated heterocycles. The van der Waals surface area contributed by atoms with Crippen LogP contribution in [0, 0.1) is 0 Å². The summed E-state index contributed by atoms with van der Waals surface area (Å²) in [4.78, 5) is 11.4. The minimum atomic E-state index is 0.0727. The molecular weight excluding hydrogens is 232 g/mol. The highest BCUT2D eigenvalue weighted by atomic mass is 32.2. The molecule has 1 N–H and O–H groups in total. The number of pyridine rings is 1. The largest absolute Gasteiger partial charge is 0.314 e. The molecule has 96 valence electrons. The first kappa shape index (κ1) is 14.3. The van der Waals surface area contributed by atoms with Crippen LogP contribution in [-0.2, 0) is 6.54 Å². The van der Waals surface area contributed by atoms with Crippen molar-refractivity contribution < 1.29 is 0 Å². The van der Waals surface area contributed by atoms with E-state index in [1.165, 1.54) is 17.9 Å². The molecule has 1 heterocycles. The van der Waals surface area contributed by atoms with Gasteiger partial charge in [-0.05, 0) is 30.9 Å². The van der Waals surface area contributed by atoms with Crippen molar-refractivity contribution in [3.63, 3.8) is 0 Å². The van der Waals surface area contributed by atoms with Crippen LogP contribution in [0.3, 0.4) is 0 Å². The van der Waals surface area contributed by atoms with E-state index >= 15 is 0 Å². The van der Waals surface area contributed by atoms with Gasteiger partial charge in [-0.1, -0.05) is 13.0 Å². The summed E-state index contributed by atoms with van der Waals surface area (Å²) in [6.45, 7) is 5.97. The molecule has 1 aromatic heterocycles. The predicted octanol–water partition coefficient (Wildman–Crippen LogP) is 1.97. The number of rotatable bonds is 8. The second-order valence-electron chi connectivity index (χ2n) is 4.07. The molecular formula is C13H22N2OS. The third kappa shape index (κ3) is 5.94. The smallest absolute Gasteiger partial charge is 0.250 e. The molecule has 0 aliphatic carbocycles. The van der Waals surface area contributed by atoms with E-state index in [1.54, 1.807) is 16.7 Å². The zero-order valence-electron chi connectivity index (χ0n) is 10.7. The number of hydrogen-bond acceptors (Lipinski definition) is 3. The maximum absolute atomic E-state index is 11.4. The van der Waals surface area contributed by atoms with Crippen LogP contribution >= 0.6 is 11.8 Å². The van der Waals surface area contributed by atoms with E-state index in [2.05, 4.69) is 19.2 Å². The number of aromatic nitrogens is 1. The number of hydrogen-bond donors (Lipinski definition) is 1. The molecule has 17 heavy (non-hydrogen) atoms. The van der Waals surface area contributed by atoms with Crippen molar-refractivity contribution in [1.29, 1.82) is 0 Å². The van der Waals surface area contributed by atoms with Crippen LogP contribution < -0.4 is 10.9 Å². The minimum absolute atomic E-state index is 0.0727. The lowest BCUT2D eigenvalue weighted by atomic mass is 10.2. The Morgan fingerprint density at radius 2 is 2.29 bits per heavy atom. The fourth-order valence-corrected chi connectivity index (χ4v) is 2.39. The van der Waals surface area contributed by atoms with Crippen LogP contribution in [-0.4, -0.2) is 28.7 Å². The molecule has 0 aromatic carbocycles. The van der Waals surface area contributed by atoms with Crippen molar-refractivity contribution in [3.05, 3.63) is 34.7 Å². The average molecular weight is 254 g/mol. The lowest BCUT2D eigenvalue weighted by Crippen LogP contribution is -2.32. The minimum Gasteiger partial charge on any atom is -0.314 e. The van der Waals surface area contributed by atoms with Crippen molar-refractivity contribution in [3.8, 4) is 0 Å². The molecule has 3 nitrogen and oxygen atoms in total. The molecule has 0 saturated carbocycles. The van der Waals surface area contributed by atoms with Crippen molar-refractivity contribution in [1.82, 2.24) is 9.88 Å². The average Bonchev–Trinajstić information content (AvgIpc) is 2.32. The summed E-state index contributed by atoms with van der Waals surface area (Å²) in [5, 5.41) is 3.44. The Morgan fingerprint density at radius 3 is 3.00 bits per heavy atom. The Labute approximate surface area is 108 Å². The van der Waals surface area contributed by atoms with Gasteiger partial charge in [0.05, 0.1) is 0 Å². The Kier molecular flexibility index (Phi) is 7.05. The molecule has 4 heteroatoms. The first-order chi connectivity index (χ1) is 8.24. The summed E-state index contributed by atoms with van der Waals surface area (Å²) < 4.78 is 1.74. The van der Waals surface area contributed by atoms with Crippen LogP contribution in [0.2, 0.25) is 0 Å². The number of thioether (sulfide) groups is 1. The summed E-state index contributed by atoms with van der Waals surface area (Å²) in [5.74, 6) is 2.39. The maximum Gasteiger partial charge on any atom is 0.250 e. The summed E-state index contributed by atoms with van der Waals surface area (Å²) >= 11 is 1.97. The monoisotopic (exact) mass is 254 g/mol. The van der Waals surface area contributed by atoms with Crippen LogP contribution in [0.4, 0.5) is 0 Å². The summed E-state index contributed by atoms with van der Waals surface area (Å²) in [5.41, 5.74) is 0.0727. The molecule has 0 fully saturated rings. The van der Waals surface area contributed by atoms with Crippen LogP contribution in [0.1, 0.15) is 20.3 Å². The second kappa shape index (κ2) is 8.37. The molecule has 1 atom stereocenters. The highest BCUT2D eigenvalue weighted by Gasteiger charge is 2.00. The van der Waals surface area contributed by atoms with Gasteiger partial charge < -0.3 is 9.88 Å². The van der Waals surface area contributed by atoms with Crippen LogP contribution in [0.15, 0.2) is 29.2 Å². The third-order valence-corrected chi connectivity index (χ3v) is 3.58. The zero-order valence-corrected chi connectivity index (χ0v) is 11.5. The van der Waals surface area contributed by atoms with Gasteiger partial charge in [0.25, 0.3) is 5.56 Å². The predicted molar refractivity (Wildman–Crippen MR) is 75.8 cm³/mol. The van der Waals surface area contributed by atoms with E-state index in [0.717, 1.165) is 13.1 Å². The molecule has 1 rings (SSSR count). The fraction of sp³-hybridized carbons (Fsp3) is 0.615. The van der Waals surface area contributed by atoms with E-state index in [-0.39, 0.29) is 5.56 Å². The third-order valence-electron chi connectivity index (χ3n) is 2.64. The summed E-state index contributed by atoms with van der Waals surface area (Å²) in [7, 11) is 0. The number of nitrogens with zero attached hydrogens (tertiary/aromatic N) is 1. The second-order valence-corrected chi connectivity index (χ2v) is 5.47. The van der Waals surface area contributed by atoms with Gasteiger partial charge in [-0.2, -0.15) is 11.8 Å². The van der Waals surface area contributed by atoms with Crippen molar-refractivity contribution in [2.24, 2.45) is 0 Å². The van der Waals surface area contributed by atoms with E-state index in [9.17, 15) is 4.79 Å². The highest BCUT2D eigenvalue weighted by Crippen LogP contribution is 2.03. The van der Waals surface area contributed by atoms with Gasteiger partial charge in [-0.25, -0.2) is 0 Å². The zero-order chi connectivity index (χ0) is 12.5. The standard InChI is InChI=1S/C13H22N2OS/c1-3-17-11-7-12(2)14-8-10-15-9-5-4-6-13(15)16/h4-6,9,12,14H,3,7-8,10-11H2,1-2H3. The Hall–Kier alpha value is -0.740. The SMILES string of the molecule is CCSCCC(C)NCCn1ccccc1=O. The van der Waals surface area contributed by atoms with Gasteiger partial charge in [0.2, 0.25) is 0 Å². The fourth-order valence-electron chi connectivity index (χ4n) is 1.58. The van der Waals surface area contributed by atoms with E-state index < -0.39 is 0 Å². The lowest BCUT2D eigenvalue weighted by molar-refractivity contribution is 0.502. The van der Waals surface area contributed by atoms with E-state index in [1.807, 2.05) is 24.0 Å². The Morgan fingerprint density at radius 1 is 1.47 bits per heavy atom. The molecule has 0 aliphatic rings. The molecule has 0 aliphatic heterocycles. The summed E-state index contributed by atoms with van der Waals surface area (Å²) in [6.07, 6.45) is 3.02. The maximum atomic E-state index is 11.4. The van der Waals surface area contributed by atoms with Crippen molar-refractivity contribution in [2.45, 2.75) is 32.9 Å². The first-order valence-corrected chi connectivity index (χ1v) is 7.36. The highest BCUT2D eigenvalue weighted by molar-refractivity contribution is 7.99. The molecule has 1 unspecified atom stereocenters. The molecule has 0 spiro atoms. The molecule has 1 aromatic rings. The van der Waals surface area contributed by atoms with Gasteiger partial charge in [0.1, 0.15) is 0 Å². The lowest BCUT2D eigenvalue weighted by Gasteiger charge is -2.13. The molecule has 0 radical (unpaired) electrons. The van der Waals surface area contributed by atoms with Crippen LogP contribution in [0.5, 0.6) is 0 Å². The van der Waals surface area contributed by atoms with Gasteiger partial charge in [-0.3, -0.25) is 4.79 Å². The van der Waals surface area contributed by atoms with Gasteiger partial charge >= 0.3 is 0 Å². The van der Waals surface area contributed by atoms with Gasteiger partial charge in [0.15, 0.2) is 0 Å². The van der Waals surface area contributed by atoms with Gasteiger partial charge in [0, 0.05) is 31.4 Å². The first-order valence-electron chi connectivity index (χ1n) is 6.20. The topological polar surface area (TPSA) is 34.0 Å². The number of nitrogens with one attached hydrogen (secondary N) is 1. The molecule has 0 amide bonds. The Bertz CT molecular complexity index is 364.